The number of fused-ring (bicyclic) bond motifs is 1. The number of pyridine rings is 1. The molecule has 0 aliphatic rings. The highest BCUT2D eigenvalue weighted by atomic mass is 16.4. The van der Waals surface area contributed by atoms with Crippen LogP contribution in [0.4, 0.5) is 0 Å². The van der Waals surface area contributed by atoms with E-state index in [-0.39, 0.29) is 0 Å². The molecule has 0 aliphatic heterocycles. The molecule has 2 heterocycles. The van der Waals surface area contributed by atoms with Crippen molar-refractivity contribution in [2.45, 2.75) is 39.7 Å². The monoisotopic (exact) mass is 289 g/mol. The van der Waals surface area contributed by atoms with Gasteiger partial charge in [-0.05, 0) is 39.1 Å². The molecule has 2 aromatic rings. The van der Waals surface area contributed by atoms with Gasteiger partial charge in [0.2, 0.25) is 0 Å². The van der Waals surface area contributed by atoms with Crippen LogP contribution in [0.5, 0.6) is 0 Å². The molecule has 1 N–H and O–H groups in total. The number of hydrogen-bond acceptors (Lipinski definition) is 3. The van der Waals surface area contributed by atoms with Gasteiger partial charge in [0, 0.05) is 18.3 Å². The van der Waals surface area contributed by atoms with Crippen LogP contribution in [0, 0.1) is 6.92 Å². The van der Waals surface area contributed by atoms with Gasteiger partial charge in [0.1, 0.15) is 11.2 Å². The number of aliphatic carboxylic acids is 1. The predicted molar refractivity (Wildman–Crippen MR) is 82.6 cm³/mol. The average molecular weight is 289 g/mol. The van der Waals surface area contributed by atoms with Crippen molar-refractivity contribution < 1.29 is 9.90 Å². The summed E-state index contributed by atoms with van der Waals surface area (Å²) in [6.07, 6.45) is 2.37. The summed E-state index contributed by atoms with van der Waals surface area (Å²) in [6.45, 7) is 9.12. The third kappa shape index (κ3) is 2.65. The molecule has 1 atom stereocenters. The number of carboxylic acids is 1. The quantitative estimate of drug-likeness (QED) is 0.887. The number of nitrogens with zero attached hydrogens (tertiary/aromatic N) is 3. The molecule has 5 nitrogen and oxygen atoms in total. The molecule has 2 aromatic heterocycles. The molecule has 114 valence electrons. The standard InChI is InChI=1S/C16H23N3O2/c1-5-18(6-2)16(4,15(20)21)11-13-12(3)17-14-9-7-8-10-19(13)14/h7-10H,5-6,11H2,1-4H3,(H,20,21). The fourth-order valence-corrected chi connectivity index (χ4v) is 2.95. The number of hydrogen-bond donors (Lipinski definition) is 1. The first-order valence-electron chi connectivity index (χ1n) is 7.35. The Morgan fingerprint density at radius 1 is 1.38 bits per heavy atom. The lowest BCUT2D eigenvalue weighted by Gasteiger charge is -2.36. The third-order valence-corrected chi connectivity index (χ3v) is 4.26. The minimum Gasteiger partial charge on any atom is -0.480 e. The summed E-state index contributed by atoms with van der Waals surface area (Å²) in [5.41, 5.74) is 1.78. The van der Waals surface area contributed by atoms with E-state index in [0.29, 0.717) is 19.5 Å². The number of carbonyl (C=O) groups is 1. The van der Waals surface area contributed by atoms with Crippen molar-refractivity contribution in [3.05, 3.63) is 35.8 Å². The van der Waals surface area contributed by atoms with E-state index >= 15 is 0 Å². The zero-order valence-electron chi connectivity index (χ0n) is 13.1. The lowest BCUT2D eigenvalue weighted by atomic mass is 9.92. The van der Waals surface area contributed by atoms with Gasteiger partial charge in [0.15, 0.2) is 0 Å². The second-order valence-electron chi connectivity index (χ2n) is 5.50. The minimum atomic E-state index is -0.930. The van der Waals surface area contributed by atoms with Crippen LogP contribution in [0.25, 0.3) is 5.65 Å². The summed E-state index contributed by atoms with van der Waals surface area (Å²) < 4.78 is 1.99. The first-order valence-corrected chi connectivity index (χ1v) is 7.35. The van der Waals surface area contributed by atoms with Crippen LogP contribution in [0.2, 0.25) is 0 Å². The van der Waals surface area contributed by atoms with E-state index in [0.717, 1.165) is 17.0 Å². The predicted octanol–water partition coefficient (Wildman–Crippen LogP) is 2.37. The number of aromatic nitrogens is 2. The van der Waals surface area contributed by atoms with Crippen LogP contribution in [-0.2, 0) is 11.2 Å². The first-order chi connectivity index (χ1) is 9.93. The van der Waals surface area contributed by atoms with Crippen molar-refractivity contribution in [2.75, 3.05) is 13.1 Å². The van der Waals surface area contributed by atoms with E-state index in [1.54, 1.807) is 6.92 Å². The molecule has 2 rings (SSSR count). The maximum atomic E-state index is 11.9. The Morgan fingerprint density at radius 2 is 2.05 bits per heavy atom. The minimum absolute atomic E-state index is 0.432. The molecule has 0 amide bonds. The molecule has 0 radical (unpaired) electrons. The van der Waals surface area contributed by atoms with E-state index in [1.807, 2.05) is 54.5 Å². The number of carboxylic acid groups (broad SMARTS) is 1. The fourth-order valence-electron chi connectivity index (χ4n) is 2.95. The fraction of sp³-hybridized carbons (Fsp3) is 0.500. The van der Waals surface area contributed by atoms with Gasteiger partial charge in [-0.2, -0.15) is 0 Å². The Bertz CT molecular complexity index is 646. The zero-order valence-corrected chi connectivity index (χ0v) is 13.1. The zero-order chi connectivity index (χ0) is 15.6. The summed E-state index contributed by atoms with van der Waals surface area (Å²) in [6, 6.07) is 5.81. The van der Waals surface area contributed by atoms with Gasteiger partial charge in [-0.25, -0.2) is 4.98 Å². The molecule has 0 aromatic carbocycles. The summed E-state index contributed by atoms with van der Waals surface area (Å²) in [7, 11) is 0. The van der Waals surface area contributed by atoms with E-state index in [9.17, 15) is 9.90 Å². The SMILES string of the molecule is CCN(CC)C(C)(Cc1c(C)nc2ccccn12)C(=O)O. The Kier molecular flexibility index (Phi) is 4.32. The molecule has 1 unspecified atom stereocenters. The van der Waals surface area contributed by atoms with Crippen LogP contribution in [-0.4, -0.2) is 44.0 Å². The van der Waals surface area contributed by atoms with Gasteiger partial charge < -0.3 is 9.51 Å². The number of likely N-dealkylation sites (N-methyl/N-ethyl adjacent to an activating group) is 1. The molecule has 0 bridgehead atoms. The van der Waals surface area contributed by atoms with Crippen LogP contribution >= 0.6 is 0 Å². The number of rotatable bonds is 6. The van der Waals surface area contributed by atoms with Crippen LogP contribution in [0.3, 0.4) is 0 Å². The van der Waals surface area contributed by atoms with Gasteiger partial charge in [-0.1, -0.05) is 19.9 Å². The summed E-state index contributed by atoms with van der Waals surface area (Å²) in [5, 5.41) is 9.76. The molecule has 0 spiro atoms. The highest BCUT2D eigenvalue weighted by molar-refractivity contribution is 5.78. The van der Waals surface area contributed by atoms with Gasteiger partial charge in [-0.15, -0.1) is 0 Å². The molecular weight excluding hydrogens is 266 g/mol. The molecule has 0 fully saturated rings. The summed E-state index contributed by atoms with van der Waals surface area (Å²) in [5.74, 6) is -0.795. The third-order valence-electron chi connectivity index (χ3n) is 4.26. The molecule has 21 heavy (non-hydrogen) atoms. The highest BCUT2D eigenvalue weighted by Crippen LogP contribution is 2.24. The topological polar surface area (TPSA) is 57.8 Å². The second-order valence-corrected chi connectivity index (χ2v) is 5.50. The van der Waals surface area contributed by atoms with Crippen molar-refractivity contribution in [3.63, 3.8) is 0 Å². The van der Waals surface area contributed by atoms with Crippen molar-refractivity contribution >= 4 is 11.6 Å². The van der Waals surface area contributed by atoms with Gasteiger partial charge >= 0.3 is 5.97 Å². The molecular formula is C16H23N3O2. The second kappa shape index (κ2) is 5.85. The van der Waals surface area contributed by atoms with Crippen LogP contribution < -0.4 is 0 Å². The van der Waals surface area contributed by atoms with Gasteiger partial charge in [0.25, 0.3) is 0 Å². The summed E-state index contributed by atoms with van der Waals surface area (Å²) in [4.78, 5) is 18.4. The Balaban J connectivity index is 2.49. The van der Waals surface area contributed by atoms with E-state index < -0.39 is 11.5 Å². The Hall–Kier alpha value is -1.88. The van der Waals surface area contributed by atoms with Gasteiger partial charge in [-0.3, -0.25) is 9.69 Å². The van der Waals surface area contributed by atoms with E-state index in [4.69, 9.17) is 0 Å². The maximum Gasteiger partial charge on any atom is 0.324 e. The first kappa shape index (κ1) is 15.5. The largest absolute Gasteiger partial charge is 0.480 e. The average Bonchev–Trinajstić information content (AvgIpc) is 2.76. The van der Waals surface area contributed by atoms with Crippen molar-refractivity contribution in [3.8, 4) is 0 Å². The molecule has 0 aliphatic carbocycles. The van der Waals surface area contributed by atoms with Crippen molar-refractivity contribution in [1.29, 1.82) is 0 Å². The highest BCUT2D eigenvalue weighted by Gasteiger charge is 2.39. The van der Waals surface area contributed by atoms with E-state index in [2.05, 4.69) is 4.98 Å². The lowest BCUT2D eigenvalue weighted by molar-refractivity contribution is -0.150. The Morgan fingerprint density at radius 3 is 2.62 bits per heavy atom. The Labute approximate surface area is 125 Å². The van der Waals surface area contributed by atoms with Crippen LogP contribution in [0.15, 0.2) is 24.4 Å². The smallest absolute Gasteiger partial charge is 0.324 e. The van der Waals surface area contributed by atoms with Gasteiger partial charge in [0.05, 0.1) is 5.69 Å². The van der Waals surface area contributed by atoms with Crippen LogP contribution in [0.1, 0.15) is 32.2 Å². The molecule has 0 saturated heterocycles. The number of imidazole rings is 1. The maximum absolute atomic E-state index is 11.9. The molecule has 0 saturated carbocycles. The van der Waals surface area contributed by atoms with E-state index in [1.165, 1.54) is 0 Å². The molecule has 5 heteroatoms. The van der Waals surface area contributed by atoms with Crippen molar-refractivity contribution in [2.24, 2.45) is 0 Å². The normalized spacial score (nSPS) is 14.5. The lowest BCUT2D eigenvalue weighted by Crippen LogP contribution is -2.54. The summed E-state index contributed by atoms with van der Waals surface area (Å²) >= 11 is 0. The van der Waals surface area contributed by atoms with Crippen molar-refractivity contribution in [1.82, 2.24) is 14.3 Å². The number of aryl methyl sites for hydroxylation is 1.